The summed E-state index contributed by atoms with van der Waals surface area (Å²) in [4.78, 5) is 14.0. The van der Waals surface area contributed by atoms with Crippen molar-refractivity contribution in [2.45, 2.75) is 31.4 Å². The maximum absolute atomic E-state index is 12.8. The van der Waals surface area contributed by atoms with Crippen LogP contribution >= 0.6 is 0 Å². The molecule has 1 aliphatic heterocycles. The van der Waals surface area contributed by atoms with Gasteiger partial charge in [0.1, 0.15) is 5.82 Å². The van der Waals surface area contributed by atoms with Crippen LogP contribution in [0, 0.1) is 5.82 Å². The van der Waals surface area contributed by atoms with Gasteiger partial charge < -0.3 is 15.4 Å². The van der Waals surface area contributed by atoms with Gasteiger partial charge >= 0.3 is 0 Å². The molecule has 5 heteroatoms. The zero-order chi connectivity index (χ0) is 14.5. The van der Waals surface area contributed by atoms with E-state index in [-0.39, 0.29) is 17.8 Å². The Kier molecular flexibility index (Phi) is 5.09. The second-order valence-corrected chi connectivity index (χ2v) is 5.20. The smallest absolute Gasteiger partial charge is 0.239 e. The first kappa shape index (κ1) is 14.9. The number of carbonyl (C=O) groups is 1. The number of benzene rings is 1. The van der Waals surface area contributed by atoms with Crippen LogP contribution in [0.5, 0.6) is 0 Å². The molecule has 1 heterocycles. The van der Waals surface area contributed by atoms with Crippen molar-refractivity contribution in [3.05, 3.63) is 35.6 Å². The Morgan fingerprint density at radius 2 is 2.00 bits per heavy atom. The maximum Gasteiger partial charge on any atom is 0.239 e. The third-order valence-electron chi connectivity index (χ3n) is 3.77. The molecule has 110 valence electrons. The molecule has 4 nitrogen and oxygen atoms in total. The molecule has 0 aliphatic carbocycles. The molecule has 1 aliphatic rings. The second-order valence-electron chi connectivity index (χ2n) is 5.20. The second kappa shape index (κ2) is 6.81. The highest BCUT2D eigenvalue weighted by Crippen LogP contribution is 2.14. The van der Waals surface area contributed by atoms with Gasteiger partial charge in [0.25, 0.3) is 0 Å². The molecule has 1 fully saturated rings. The predicted octanol–water partition coefficient (Wildman–Crippen LogP) is 1.33. The number of hydrogen-bond donors (Lipinski definition) is 1. The van der Waals surface area contributed by atoms with E-state index in [0.29, 0.717) is 19.5 Å². The van der Waals surface area contributed by atoms with Crippen molar-refractivity contribution in [3.8, 4) is 0 Å². The van der Waals surface area contributed by atoms with Crippen LogP contribution in [0.25, 0.3) is 0 Å². The average Bonchev–Trinajstić information content (AvgIpc) is 2.49. The molecule has 20 heavy (non-hydrogen) atoms. The van der Waals surface area contributed by atoms with E-state index in [9.17, 15) is 9.18 Å². The van der Waals surface area contributed by atoms with E-state index >= 15 is 0 Å². The van der Waals surface area contributed by atoms with Crippen LogP contribution in [-0.4, -0.2) is 43.2 Å². The lowest BCUT2D eigenvalue weighted by atomic mass is 10.0. The van der Waals surface area contributed by atoms with E-state index < -0.39 is 6.04 Å². The zero-order valence-corrected chi connectivity index (χ0v) is 11.7. The van der Waals surface area contributed by atoms with E-state index in [1.807, 2.05) is 0 Å². The normalized spacial score (nSPS) is 18.1. The summed E-state index contributed by atoms with van der Waals surface area (Å²) in [6.07, 6.45) is 2.38. The van der Waals surface area contributed by atoms with Crippen molar-refractivity contribution in [2.75, 3.05) is 20.2 Å². The van der Waals surface area contributed by atoms with Gasteiger partial charge in [0.2, 0.25) is 5.91 Å². The Morgan fingerprint density at radius 3 is 2.55 bits per heavy atom. The van der Waals surface area contributed by atoms with E-state index in [4.69, 9.17) is 10.5 Å². The fourth-order valence-corrected chi connectivity index (χ4v) is 2.51. The van der Waals surface area contributed by atoms with Crippen LogP contribution in [-0.2, 0) is 16.0 Å². The Morgan fingerprint density at radius 1 is 1.40 bits per heavy atom. The van der Waals surface area contributed by atoms with E-state index in [1.165, 1.54) is 12.1 Å². The third kappa shape index (κ3) is 3.77. The quantitative estimate of drug-likeness (QED) is 0.905. The van der Waals surface area contributed by atoms with Gasteiger partial charge in [0, 0.05) is 20.2 Å². The predicted molar refractivity (Wildman–Crippen MR) is 74.7 cm³/mol. The number of hydrogen-bond acceptors (Lipinski definition) is 3. The monoisotopic (exact) mass is 280 g/mol. The first-order chi connectivity index (χ1) is 9.60. The van der Waals surface area contributed by atoms with Crippen molar-refractivity contribution in [2.24, 2.45) is 5.73 Å². The largest absolute Gasteiger partial charge is 0.381 e. The van der Waals surface area contributed by atoms with Gasteiger partial charge in [-0.05, 0) is 37.0 Å². The number of nitrogens with two attached hydrogens (primary N) is 1. The van der Waals surface area contributed by atoms with Gasteiger partial charge in [-0.2, -0.15) is 0 Å². The van der Waals surface area contributed by atoms with Crippen molar-refractivity contribution < 1.29 is 13.9 Å². The molecule has 1 aromatic rings. The molecule has 1 aromatic carbocycles. The minimum absolute atomic E-state index is 0.0381. The Hall–Kier alpha value is -1.46. The summed E-state index contributed by atoms with van der Waals surface area (Å²) in [7, 11) is 1.70. The summed E-state index contributed by atoms with van der Waals surface area (Å²) in [6, 6.07) is 5.53. The molecule has 1 saturated heterocycles. The SMILES string of the molecule is COC1CCN(C(=O)[C@H](N)Cc2ccc(F)cc2)CC1. The molecular weight excluding hydrogens is 259 g/mol. The Bertz CT molecular complexity index is 442. The highest BCUT2D eigenvalue weighted by Gasteiger charge is 2.26. The standard InChI is InChI=1S/C15H21FN2O2/c1-20-13-6-8-18(9-7-13)15(19)14(17)10-11-2-4-12(16)5-3-11/h2-5,13-14H,6-10,17H2,1H3/t14-/m1/s1. The van der Waals surface area contributed by atoms with Crippen LogP contribution in [0.15, 0.2) is 24.3 Å². The van der Waals surface area contributed by atoms with E-state index in [2.05, 4.69) is 0 Å². The molecule has 2 rings (SSSR count). The minimum atomic E-state index is -0.570. The maximum atomic E-state index is 12.8. The molecule has 1 atom stereocenters. The van der Waals surface area contributed by atoms with Crippen LogP contribution in [0.3, 0.4) is 0 Å². The van der Waals surface area contributed by atoms with Crippen molar-refractivity contribution in [1.29, 1.82) is 0 Å². The van der Waals surface area contributed by atoms with Gasteiger partial charge in [-0.1, -0.05) is 12.1 Å². The molecule has 0 saturated carbocycles. The molecule has 0 unspecified atom stereocenters. The molecule has 2 N–H and O–H groups in total. The molecule has 0 bridgehead atoms. The summed E-state index contributed by atoms with van der Waals surface area (Å²) in [5.74, 6) is -0.320. The number of carbonyl (C=O) groups excluding carboxylic acids is 1. The average molecular weight is 280 g/mol. The third-order valence-corrected chi connectivity index (χ3v) is 3.77. The minimum Gasteiger partial charge on any atom is -0.381 e. The first-order valence-electron chi connectivity index (χ1n) is 6.91. The molecule has 0 radical (unpaired) electrons. The summed E-state index contributed by atoms with van der Waals surface area (Å²) in [5, 5.41) is 0. The van der Waals surface area contributed by atoms with Gasteiger partial charge in [-0.25, -0.2) is 4.39 Å². The summed E-state index contributed by atoms with van der Waals surface area (Å²) < 4.78 is 18.1. The molecule has 0 aromatic heterocycles. The lowest BCUT2D eigenvalue weighted by Crippen LogP contribution is -2.49. The van der Waals surface area contributed by atoms with E-state index in [1.54, 1.807) is 24.1 Å². The number of halogens is 1. The number of ether oxygens (including phenoxy) is 1. The van der Waals surface area contributed by atoms with Crippen molar-refractivity contribution >= 4 is 5.91 Å². The number of amides is 1. The number of likely N-dealkylation sites (tertiary alicyclic amines) is 1. The molecule has 0 spiro atoms. The Labute approximate surface area is 118 Å². The molecular formula is C15H21FN2O2. The highest BCUT2D eigenvalue weighted by atomic mass is 19.1. The van der Waals surface area contributed by atoms with Crippen LogP contribution < -0.4 is 5.73 Å². The fraction of sp³-hybridized carbons (Fsp3) is 0.533. The summed E-state index contributed by atoms with van der Waals surface area (Å²) in [5.41, 5.74) is 6.84. The van der Waals surface area contributed by atoms with Crippen LogP contribution in [0.4, 0.5) is 4.39 Å². The first-order valence-corrected chi connectivity index (χ1v) is 6.91. The topological polar surface area (TPSA) is 55.6 Å². The summed E-state index contributed by atoms with van der Waals surface area (Å²) in [6.45, 7) is 1.38. The van der Waals surface area contributed by atoms with Crippen LogP contribution in [0.1, 0.15) is 18.4 Å². The van der Waals surface area contributed by atoms with Crippen LogP contribution in [0.2, 0.25) is 0 Å². The highest BCUT2D eigenvalue weighted by molar-refractivity contribution is 5.82. The van der Waals surface area contributed by atoms with Gasteiger partial charge in [-0.3, -0.25) is 4.79 Å². The van der Waals surface area contributed by atoms with Gasteiger partial charge in [0.15, 0.2) is 0 Å². The van der Waals surface area contributed by atoms with Gasteiger partial charge in [-0.15, -0.1) is 0 Å². The Balaban J connectivity index is 1.87. The lowest BCUT2D eigenvalue weighted by molar-refractivity contribution is -0.134. The van der Waals surface area contributed by atoms with E-state index in [0.717, 1.165) is 18.4 Å². The number of rotatable bonds is 4. The summed E-state index contributed by atoms with van der Waals surface area (Å²) >= 11 is 0. The number of piperidine rings is 1. The van der Waals surface area contributed by atoms with Crippen molar-refractivity contribution in [3.63, 3.8) is 0 Å². The number of methoxy groups -OCH3 is 1. The van der Waals surface area contributed by atoms with Crippen molar-refractivity contribution in [1.82, 2.24) is 4.90 Å². The zero-order valence-electron chi connectivity index (χ0n) is 11.7. The fourth-order valence-electron chi connectivity index (χ4n) is 2.51. The molecule has 1 amide bonds. The number of nitrogens with zero attached hydrogens (tertiary/aromatic N) is 1. The van der Waals surface area contributed by atoms with Gasteiger partial charge in [0.05, 0.1) is 12.1 Å². The lowest BCUT2D eigenvalue weighted by Gasteiger charge is -2.32.